The summed E-state index contributed by atoms with van der Waals surface area (Å²) in [6, 6.07) is 9.11. The zero-order valence-corrected chi connectivity index (χ0v) is 11.6. The van der Waals surface area contributed by atoms with Gasteiger partial charge in [-0.2, -0.15) is 0 Å². The standard InChI is InChI=1S/C13H20N2O2S/c1-11(14-9-6-10-18(2)17)13(16)15-12-7-4-3-5-8-12/h3-5,7-8,11,14H,6,9-10H2,1-2H3,(H,15,16). The molecule has 1 aromatic rings. The van der Waals surface area contributed by atoms with Crippen LogP contribution in [0, 0.1) is 0 Å². The Balaban J connectivity index is 2.27. The number of carbonyl (C=O) groups excluding carboxylic acids is 1. The van der Waals surface area contributed by atoms with Gasteiger partial charge in [-0.15, -0.1) is 0 Å². The van der Waals surface area contributed by atoms with Crippen LogP contribution in [0.2, 0.25) is 0 Å². The van der Waals surface area contributed by atoms with Gasteiger partial charge in [0.05, 0.1) is 6.04 Å². The highest BCUT2D eigenvalue weighted by atomic mass is 32.2. The first-order valence-electron chi connectivity index (χ1n) is 5.99. The summed E-state index contributed by atoms with van der Waals surface area (Å²) in [5, 5.41) is 5.94. The van der Waals surface area contributed by atoms with Crippen LogP contribution in [0.5, 0.6) is 0 Å². The number of benzene rings is 1. The molecule has 0 aromatic heterocycles. The zero-order valence-electron chi connectivity index (χ0n) is 10.8. The fraction of sp³-hybridized carbons (Fsp3) is 0.462. The normalized spacial score (nSPS) is 13.9. The average Bonchev–Trinajstić information content (AvgIpc) is 2.35. The summed E-state index contributed by atoms with van der Waals surface area (Å²) >= 11 is 0. The molecule has 2 atom stereocenters. The Kier molecular flexibility index (Phi) is 6.60. The maximum absolute atomic E-state index is 11.8. The van der Waals surface area contributed by atoms with E-state index in [-0.39, 0.29) is 11.9 Å². The lowest BCUT2D eigenvalue weighted by Gasteiger charge is -2.13. The molecule has 100 valence electrons. The van der Waals surface area contributed by atoms with Crippen molar-refractivity contribution in [2.75, 3.05) is 23.9 Å². The minimum Gasteiger partial charge on any atom is -0.325 e. The van der Waals surface area contributed by atoms with Gasteiger partial charge in [0.1, 0.15) is 0 Å². The molecule has 0 aliphatic carbocycles. The third kappa shape index (κ3) is 5.93. The first-order valence-corrected chi connectivity index (χ1v) is 7.71. The van der Waals surface area contributed by atoms with E-state index >= 15 is 0 Å². The van der Waals surface area contributed by atoms with E-state index in [2.05, 4.69) is 10.6 Å². The fourth-order valence-corrected chi connectivity index (χ4v) is 2.01. The smallest absolute Gasteiger partial charge is 0.241 e. The number of para-hydroxylation sites is 1. The Labute approximate surface area is 111 Å². The molecule has 0 aliphatic rings. The van der Waals surface area contributed by atoms with Crippen molar-refractivity contribution in [3.05, 3.63) is 30.3 Å². The van der Waals surface area contributed by atoms with Crippen LogP contribution in [0.1, 0.15) is 13.3 Å². The lowest BCUT2D eigenvalue weighted by molar-refractivity contribution is -0.117. The predicted molar refractivity (Wildman–Crippen MR) is 76.1 cm³/mol. The van der Waals surface area contributed by atoms with E-state index < -0.39 is 10.8 Å². The summed E-state index contributed by atoms with van der Waals surface area (Å²) in [6.45, 7) is 2.52. The van der Waals surface area contributed by atoms with Crippen molar-refractivity contribution in [2.45, 2.75) is 19.4 Å². The van der Waals surface area contributed by atoms with Gasteiger partial charge in [-0.1, -0.05) is 18.2 Å². The molecule has 2 unspecified atom stereocenters. The average molecular weight is 268 g/mol. The van der Waals surface area contributed by atoms with Crippen LogP contribution < -0.4 is 10.6 Å². The van der Waals surface area contributed by atoms with Crippen LogP contribution in [-0.4, -0.2) is 34.7 Å². The van der Waals surface area contributed by atoms with E-state index in [0.717, 1.165) is 12.1 Å². The maximum Gasteiger partial charge on any atom is 0.241 e. The van der Waals surface area contributed by atoms with Crippen molar-refractivity contribution in [3.8, 4) is 0 Å². The van der Waals surface area contributed by atoms with Crippen LogP contribution >= 0.6 is 0 Å². The Morgan fingerprint density at radius 3 is 2.61 bits per heavy atom. The van der Waals surface area contributed by atoms with Crippen molar-refractivity contribution in [2.24, 2.45) is 0 Å². The molecular weight excluding hydrogens is 248 g/mol. The summed E-state index contributed by atoms with van der Waals surface area (Å²) in [5.74, 6) is 0.610. The quantitative estimate of drug-likeness (QED) is 0.734. The van der Waals surface area contributed by atoms with Crippen molar-refractivity contribution in [1.82, 2.24) is 5.32 Å². The van der Waals surface area contributed by atoms with Crippen LogP contribution in [0.15, 0.2) is 30.3 Å². The first-order chi connectivity index (χ1) is 8.59. The van der Waals surface area contributed by atoms with Gasteiger partial charge in [0.15, 0.2) is 0 Å². The number of hydrogen-bond donors (Lipinski definition) is 2. The highest BCUT2D eigenvalue weighted by Gasteiger charge is 2.11. The molecule has 0 saturated carbocycles. The molecule has 0 saturated heterocycles. The van der Waals surface area contributed by atoms with Gasteiger partial charge in [0.25, 0.3) is 0 Å². The topological polar surface area (TPSA) is 58.2 Å². The second kappa shape index (κ2) is 8.00. The Morgan fingerprint density at radius 2 is 2.00 bits per heavy atom. The lowest BCUT2D eigenvalue weighted by Crippen LogP contribution is -2.38. The minimum atomic E-state index is -0.763. The number of carbonyl (C=O) groups is 1. The highest BCUT2D eigenvalue weighted by molar-refractivity contribution is 7.84. The van der Waals surface area contributed by atoms with Crippen molar-refractivity contribution < 1.29 is 9.00 Å². The molecule has 18 heavy (non-hydrogen) atoms. The molecule has 2 N–H and O–H groups in total. The van der Waals surface area contributed by atoms with E-state index in [1.165, 1.54) is 0 Å². The van der Waals surface area contributed by atoms with Gasteiger partial charge in [0.2, 0.25) is 5.91 Å². The molecule has 0 bridgehead atoms. The van der Waals surface area contributed by atoms with Crippen molar-refractivity contribution >= 4 is 22.4 Å². The summed E-state index contributed by atoms with van der Waals surface area (Å²) in [7, 11) is -0.763. The SMILES string of the molecule is CC(NCCCS(C)=O)C(=O)Nc1ccccc1. The molecule has 0 fully saturated rings. The molecule has 1 rings (SSSR count). The summed E-state index contributed by atoms with van der Waals surface area (Å²) in [6.07, 6.45) is 2.50. The van der Waals surface area contributed by atoms with Gasteiger partial charge < -0.3 is 10.6 Å². The molecule has 1 amide bonds. The summed E-state index contributed by atoms with van der Waals surface area (Å²) < 4.78 is 10.9. The lowest BCUT2D eigenvalue weighted by atomic mass is 10.2. The maximum atomic E-state index is 11.8. The molecule has 0 aliphatic heterocycles. The second-order valence-electron chi connectivity index (χ2n) is 4.16. The third-order valence-electron chi connectivity index (χ3n) is 2.49. The molecule has 5 heteroatoms. The Hall–Kier alpha value is -1.20. The minimum absolute atomic E-state index is 0.0566. The number of anilines is 1. The highest BCUT2D eigenvalue weighted by Crippen LogP contribution is 2.05. The summed E-state index contributed by atoms with van der Waals surface area (Å²) in [5.41, 5.74) is 0.797. The van der Waals surface area contributed by atoms with Crippen LogP contribution in [0.3, 0.4) is 0 Å². The number of amides is 1. The van der Waals surface area contributed by atoms with Crippen LogP contribution in [0.25, 0.3) is 0 Å². The van der Waals surface area contributed by atoms with Gasteiger partial charge in [0, 0.05) is 28.5 Å². The third-order valence-corrected chi connectivity index (χ3v) is 3.36. The fourth-order valence-electron chi connectivity index (χ4n) is 1.46. The molecule has 0 radical (unpaired) electrons. The van der Waals surface area contributed by atoms with Crippen molar-refractivity contribution in [1.29, 1.82) is 0 Å². The van der Waals surface area contributed by atoms with E-state index in [1.54, 1.807) is 6.26 Å². The van der Waals surface area contributed by atoms with Crippen molar-refractivity contribution in [3.63, 3.8) is 0 Å². The van der Waals surface area contributed by atoms with E-state index in [0.29, 0.717) is 12.3 Å². The van der Waals surface area contributed by atoms with Gasteiger partial charge in [-0.3, -0.25) is 9.00 Å². The second-order valence-corrected chi connectivity index (χ2v) is 5.72. The van der Waals surface area contributed by atoms with Crippen LogP contribution in [0.4, 0.5) is 5.69 Å². The van der Waals surface area contributed by atoms with E-state index in [4.69, 9.17) is 0 Å². The largest absolute Gasteiger partial charge is 0.325 e. The first kappa shape index (κ1) is 14.9. The Bertz CT molecular complexity index is 395. The van der Waals surface area contributed by atoms with Gasteiger partial charge in [-0.25, -0.2) is 0 Å². The number of rotatable bonds is 7. The molecular formula is C13H20N2O2S. The zero-order chi connectivity index (χ0) is 13.4. The number of nitrogens with one attached hydrogen (secondary N) is 2. The van der Waals surface area contributed by atoms with Gasteiger partial charge >= 0.3 is 0 Å². The molecule has 1 aromatic carbocycles. The monoisotopic (exact) mass is 268 g/mol. The van der Waals surface area contributed by atoms with Crippen LogP contribution in [-0.2, 0) is 15.6 Å². The van der Waals surface area contributed by atoms with Gasteiger partial charge in [-0.05, 0) is 32.0 Å². The summed E-state index contributed by atoms with van der Waals surface area (Å²) in [4.78, 5) is 11.8. The van der Waals surface area contributed by atoms with E-state index in [1.807, 2.05) is 37.3 Å². The molecule has 0 heterocycles. The molecule has 0 spiro atoms. The van der Waals surface area contributed by atoms with E-state index in [9.17, 15) is 9.00 Å². The number of hydrogen-bond acceptors (Lipinski definition) is 3. The molecule has 4 nitrogen and oxygen atoms in total. The predicted octanol–water partition coefficient (Wildman–Crippen LogP) is 1.37. The Morgan fingerprint density at radius 1 is 1.33 bits per heavy atom.